The molecule has 1 aromatic carbocycles. The molecule has 0 unspecified atom stereocenters. The third-order valence-electron chi connectivity index (χ3n) is 4.13. The van der Waals surface area contributed by atoms with Gasteiger partial charge in [-0.1, -0.05) is 13.0 Å². The Morgan fingerprint density at radius 3 is 2.83 bits per heavy atom. The highest BCUT2D eigenvalue weighted by Crippen LogP contribution is 2.50. The first-order valence-electron chi connectivity index (χ1n) is 6.39. The largest absolute Gasteiger partial charge is 0.326 e. The SMILES string of the molecule is CCC1(Cn2c(CCl)nc3c(F)cccc32)CC1. The standard InChI is InChI=1S/C14H16ClFN2/c1-2-14(6-7-14)9-18-11-5-3-4-10(16)13(11)17-12(18)8-15/h3-5H,2,6-9H2,1H3. The number of rotatable bonds is 4. The van der Waals surface area contributed by atoms with Gasteiger partial charge in [0.05, 0.1) is 11.4 Å². The summed E-state index contributed by atoms with van der Waals surface area (Å²) in [5, 5.41) is 0. The maximum Gasteiger partial charge on any atom is 0.151 e. The van der Waals surface area contributed by atoms with Crippen molar-refractivity contribution in [3.05, 3.63) is 29.8 Å². The van der Waals surface area contributed by atoms with Crippen LogP contribution in [0, 0.1) is 11.2 Å². The van der Waals surface area contributed by atoms with E-state index in [2.05, 4.69) is 16.5 Å². The summed E-state index contributed by atoms with van der Waals surface area (Å²) in [6.07, 6.45) is 3.66. The zero-order valence-electron chi connectivity index (χ0n) is 10.4. The molecule has 1 heterocycles. The zero-order chi connectivity index (χ0) is 12.8. The van der Waals surface area contributed by atoms with Crippen LogP contribution >= 0.6 is 11.6 Å². The minimum Gasteiger partial charge on any atom is -0.326 e. The van der Waals surface area contributed by atoms with Crippen molar-refractivity contribution >= 4 is 22.6 Å². The van der Waals surface area contributed by atoms with E-state index in [-0.39, 0.29) is 5.82 Å². The van der Waals surface area contributed by atoms with Crippen LogP contribution < -0.4 is 0 Å². The molecule has 2 nitrogen and oxygen atoms in total. The zero-order valence-corrected chi connectivity index (χ0v) is 11.2. The van der Waals surface area contributed by atoms with Crippen molar-refractivity contribution in [2.24, 2.45) is 5.41 Å². The number of hydrogen-bond acceptors (Lipinski definition) is 1. The first-order valence-corrected chi connectivity index (χ1v) is 6.92. The lowest BCUT2D eigenvalue weighted by atomic mass is 10.0. The molecular weight excluding hydrogens is 251 g/mol. The quantitative estimate of drug-likeness (QED) is 0.762. The molecular formula is C14H16ClFN2. The molecule has 1 aromatic heterocycles. The maximum absolute atomic E-state index is 13.7. The molecule has 1 aliphatic rings. The molecule has 4 heteroatoms. The van der Waals surface area contributed by atoms with Gasteiger partial charge in [-0.3, -0.25) is 0 Å². The number of benzene rings is 1. The third kappa shape index (κ3) is 1.81. The molecule has 0 spiro atoms. The number of imidazole rings is 1. The summed E-state index contributed by atoms with van der Waals surface area (Å²) in [6.45, 7) is 3.12. The topological polar surface area (TPSA) is 17.8 Å². The molecule has 0 bridgehead atoms. The van der Waals surface area contributed by atoms with Crippen LogP contribution in [0.15, 0.2) is 18.2 Å². The van der Waals surface area contributed by atoms with Gasteiger partial charge in [0.25, 0.3) is 0 Å². The van der Waals surface area contributed by atoms with Gasteiger partial charge >= 0.3 is 0 Å². The van der Waals surface area contributed by atoms with Crippen LogP contribution in [0.2, 0.25) is 0 Å². The molecule has 1 fully saturated rings. The lowest BCUT2D eigenvalue weighted by molar-refractivity contribution is 0.410. The molecule has 0 atom stereocenters. The number of para-hydroxylation sites is 1. The van der Waals surface area contributed by atoms with E-state index in [9.17, 15) is 4.39 Å². The summed E-state index contributed by atoms with van der Waals surface area (Å²) >= 11 is 5.94. The van der Waals surface area contributed by atoms with E-state index in [1.165, 1.54) is 18.9 Å². The Kier molecular flexibility index (Phi) is 2.81. The van der Waals surface area contributed by atoms with E-state index >= 15 is 0 Å². The van der Waals surface area contributed by atoms with Crippen LogP contribution in [0.5, 0.6) is 0 Å². The van der Waals surface area contributed by atoms with Gasteiger partial charge in [0, 0.05) is 6.54 Å². The normalized spacial score (nSPS) is 17.3. The Labute approximate surface area is 111 Å². The van der Waals surface area contributed by atoms with Gasteiger partial charge in [-0.25, -0.2) is 9.37 Å². The molecule has 0 saturated heterocycles. The molecule has 0 N–H and O–H groups in total. The van der Waals surface area contributed by atoms with Crippen molar-refractivity contribution in [3.8, 4) is 0 Å². The average Bonchev–Trinajstić information content (AvgIpc) is 3.07. The molecule has 0 aliphatic heterocycles. The molecule has 2 aromatic rings. The Morgan fingerprint density at radius 2 is 2.22 bits per heavy atom. The highest BCUT2D eigenvalue weighted by Gasteiger charge is 2.41. The van der Waals surface area contributed by atoms with Crippen molar-refractivity contribution in [3.63, 3.8) is 0 Å². The summed E-state index contributed by atoms with van der Waals surface area (Å²) in [5.74, 6) is 0.837. The molecule has 18 heavy (non-hydrogen) atoms. The van der Waals surface area contributed by atoms with Gasteiger partial charge in [-0.15, -0.1) is 11.6 Å². The minimum atomic E-state index is -0.265. The van der Waals surface area contributed by atoms with Gasteiger partial charge in [-0.05, 0) is 36.8 Å². The van der Waals surface area contributed by atoms with Gasteiger partial charge < -0.3 is 4.57 Å². The van der Waals surface area contributed by atoms with Gasteiger partial charge in [0.15, 0.2) is 5.82 Å². The number of alkyl halides is 1. The third-order valence-corrected chi connectivity index (χ3v) is 4.37. The number of nitrogens with zero attached hydrogens (tertiary/aromatic N) is 2. The number of hydrogen-bond donors (Lipinski definition) is 0. The predicted octanol–water partition coefficient (Wildman–Crippen LogP) is 4.10. The highest BCUT2D eigenvalue weighted by atomic mass is 35.5. The van der Waals surface area contributed by atoms with Crippen molar-refractivity contribution in [2.75, 3.05) is 0 Å². The predicted molar refractivity (Wildman–Crippen MR) is 71.2 cm³/mol. The van der Waals surface area contributed by atoms with Crippen LogP contribution in [-0.2, 0) is 12.4 Å². The fraction of sp³-hybridized carbons (Fsp3) is 0.500. The lowest BCUT2D eigenvalue weighted by Gasteiger charge is -2.15. The average molecular weight is 267 g/mol. The smallest absolute Gasteiger partial charge is 0.151 e. The van der Waals surface area contributed by atoms with Gasteiger partial charge in [0.1, 0.15) is 11.3 Å². The second-order valence-electron chi connectivity index (χ2n) is 5.21. The Hall–Kier alpha value is -1.09. The van der Waals surface area contributed by atoms with Crippen molar-refractivity contribution < 1.29 is 4.39 Å². The van der Waals surface area contributed by atoms with Crippen LogP contribution in [0.3, 0.4) is 0 Å². The van der Waals surface area contributed by atoms with E-state index in [4.69, 9.17) is 11.6 Å². The molecule has 1 aliphatic carbocycles. The van der Waals surface area contributed by atoms with Crippen LogP contribution in [0.1, 0.15) is 32.0 Å². The summed E-state index contributed by atoms with van der Waals surface area (Å²) in [4.78, 5) is 4.33. The minimum absolute atomic E-state index is 0.265. The molecule has 96 valence electrons. The van der Waals surface area contributed by atoms with E-state index in [0.717, 1.165) is 24.3 Å². The Balaban J connectivity index is 2.11. The highest BCUT2D eigenvalue weighted by molar-refractivity contribution is 6.16. The lowest BCUT2D eigenvalue weighted by Crippen LogP contribution is -2.12. The maximum atomic E-state index is 13.7. The number of halogens is 2. The van der Waals surface area contributed by atoms with Crippen LogP contribution in [-0.4, -0.2) is 9.55 Å². The van der Waals surface area contributed by atoms with Gasteiger partial charge in [-0.2, -0.15) is 0 Å². The monoisotopic (exact) mass is 266 g/mol. The Bertz CT molecular complexity index is 587. The van der Waals surface area contributed by atoms with Crippen LogP contribution in [0.25, 0.3) is 11.0 Å². The second-order valence-corrected chi connectivity index (χ2v) is 5.48. The first kappa shape index (κ1) is 12.0. The molecule has 1 saturated carbocycles. The number of fused-ring (bicyclic) bond motifs is 1. The molecule has 3 rings (SSSR count). The second kappa shape index (κ2) is 4.23. The summed E-state index contributed by atoms with van der Waals surface area (Å²) in [7, 11) is 0. The van der Waals surface area contributed by atoms with E-state index < -0.39 is 0 Å². The molecule has 0 radical (unpaired) electrons. The summed E-state index contributed by atoms with van der Waals surface area (Å²) in [5.41, 5.74) is 1.70. The van der Waals surface area contributed by atoms with E-state index in [1.54, 1.807) is 6.07 Å². The van der Waals surface area contributed by atoms with Crippen LogP contribution in [0.4, 0.5) is 4.39 Å². The number of aromatic nitrogens is 2. The first-order chi connectivity index (χ1) is 8.69. The van der Waals surface area contributed by atoms with Gasteiger partial charge in [0.2, 0.25) is 0 Å². The summed E-state index contributed by atoms with van der Waals surface area (Å²) < 4.78 is 15.8. The Morgan fingerprint density at radius 1 is 1.44 bits per heavy atom. The molecule has 0 amide bonds. The van der Waals surface area contributed by atoms with E-state index in [1.807, 2.05) is 6.07 Å². The van der Waals surface area contributed by atoms with Crippen molar-refractivity contribution in [1.82, 2.24) is 9.55 Å². The summed E-state index contributed by atoms with van der Waals surface area (Å²) in [6, 6.07) is 5.11. The van der Waals surface area contributed by atoms with Crippen molar-refractivity contribution in [1.29, 1.82) is 0 Å². The fourth-order valence-electron chi connectivity index (χ4n) is 2.58. The fourth-order valence-corrected chi connectivity index (χ4v) is 2.78. The van der Waals surface area contributed by atoms with Crippen molar-refractivity contribution in [2.45, 2.75) is 38.6 Å². The van der Waals surface area contributed by atoms with E-state index in [0.29, 0.717) is 16.8 Å².